The number of methoxy groups -OCH3 is 1. The summed E-state index contributed by atoms with van der Waals surface area (Å²) in [5, 5.41) is 7.07. The van der Waals surface area contributed by atoms with E-state index >= 15 is 0 Å². The number of hydrazone groups is 1. The minimum absolute atomic E-state index is 0.626. The van der Waals surface area contributed by atoms with Crippen LogP contribution in [0.4, 0.5) is 5.13 Å². The molecule has 27 heavy (non-hydrogen) atoms. The largest absolute Gasteiger partial charge is 0.493 e. The van der Waals surface area contributed by atoms with Gasteiger partial charge in [0.1, 0.15) is 0 Å². The lowest BCUT2D eigenvalue weighted by molar-refractivity contribution is 0.294. The Hall–Kier alpha value is -2.86. The molecule has 5 nitrogen and oxygen atoms in total. The molecular weight excluding hydrogens is 358 g/mol. The highest BCUT2D eigenvalue weighted by atomic mass is 32.1. The average Bonchev–Trinajstić information content (AvgIpc) is 3.16. The van der Waals surface area contributed by atoms with Crippen LogP contribution in [0.25, 0.3) is 11.3 Å². The summed E-state index contributed by atoms with van der Waals surface area (Å²) < 4.78 is 11.2. The van der Waals surface area contributed by atoms with Crippen molar-refractivity contribution >= 4 is 22.7 Å². The Balaban J connectivity index is 1.72. The molecule has 0 saturated heterocycles. The normalized spacial score (nSPS) is 10.9. The van der Waals surface area contributed by atoms with Gasteiger partial charge in [-0.15, -0.1) is 11.3 Å². The lowest BCUT2D eigenvalue weighted by Gasteiger charge is -2.12. The van der Waals surface area contributed by atoms with E-state index in [1.165, 1.54) is 16.9 Å². The van der Waals surface area contributed by atoms with Gasteiger partial charge in [-0.2, -0.15) is 5.10 Å². The fraction of sp³-hybridized carbons (Fsp3) is 0.238. The number of anilines is 1. The SMILES string of the molecule is CCCOc1c(/C=N\Nc2nc(-c3ccc(C)cc3)cs2)cccc1OC. The van der Waals surface area contributed by atoms with E-state index in [9.17, 15) is 0 Å². The predicted molar refractivity (Wildman–Crippen MR) is 112 cm³/mol. The Morgan fingerprint density at radius 3 is 2.74 bits per heavy atom. The predicted octanol–water partition coefficient (Wildman–Crippen LogP) is 5.36. The summed E-state index contributed by atoms with van der Waals surface area (Å²) >= 11 is 1.52. The second-order valence-corrected chi connectivity index (χ2v) is 6.86. The molecule has 0 saturated carbocycles. The molecule has 0 amide bonds. The molecule has 1 aromatic heterocycles. The number of aromatic nitrogens is 1. The average molecular weight is 382 g/mol. The third-order valence-electron chi connectivity index (χ3n) is 3.90. The number of para-hydroxylation sites is 1. The van der Waals surface area contributed by atoms with Crippen molar-refractivity contribution in [1.29, 1.82) is 0 Å². The molecule has 0 aliphatic rings. The quantitative estimate of drug-likeness (QED) is 0.421. The van der Waals surface area contributed by atoms with Crippen molar-refractivity contribution in [3.8, 4) is 22.8 Å². The summed E-state index contributed by atoms with van der Waals surface area (Å²) in [6.07, 6.45) is 2.65. The van der Waals surface area contributed by atoms with Gasteiger partial charge in [-0.3, -0.25) is 5.43 Å². The lowest BCUT2D eigenvalue weighted by Crippen LogP contribution is -2.01. The minimum Gasteiger partial charge on any atom is -0.493 e. The van der Waals surface area contributed by atoms with Gasteiger partial charge in [0.2, 0.25) is 5.13 Å². The monoisotopic (exact) mass is 381 g/mol. The minimum atomic E-state index is 0.626. The molecule has 6 heteroatoms. The molecule has 0 atom stereocenters. The number of benzene rings is 2. The van der Waals surface area contributed by atoms with Gasteiger partial charge in [-0.1, -0.05) is 42.8 Å². The van der Waals surface area contributed by atoms with E-state index in [2.05, 4.69) is 53.6 Å². The van der Waals surface area contributed by atoms with Crippen molar-refractivity contribution in [2.24, 2.45) is 5.10 Å². The number of hydrogen-bond donors (Lipinski definition) is 1. The van der Waals surface area contributed by atoms with Gasteiger partial charge in [0.25, 0.3) is 0 Å². The summed E-state index contributed by atoms with van der Waals surface area (Å²) in [5.74, 6) is 1.40. The first kappa shape index (κ1) is 18.9. The summed E-state index contributed by atoms with van der Waals surface area (Å²) in [4.78, 5) is 4.58. The number of thiazole rings is 1. The first-order valence-corrected chi connectivity index (χ1v) is 9.70. The molecule has 3 aromatic rings. The fourth-order valence-electron chi connectivity index (χ4n) is 2.49. The standard InChI is InChI=1S/C21H23N3O2S/c1-4-12-26-20-17(6-5-7-19(20)25-3)13-22-24-21-23-18(14-27-21)16-10-8-15(2)9-11-16/h5-11,13-14H,4,12H2,1-3H3,(H,23,24)/b22-13-. The molecule has 140 valence electrons. The smallest absolute Gasteiger partial charge is 0.203 e. The zero-order valence-electron chi connectivity index (χ0n) is 15.7. The van der Waals surface area contributed by atoms with E-state index in [1.54, 1.807) is 13.3 Å². The molecule has 1 N–H and O–H groups in total. The van der Waals surface area contributed by atoms with E-state index in [0.29, 0.717) is 18.1 Å². The Morgan fingerprint density at radius 2 is 2.00 bits per heavy atom. The summed E-state index contributed by atoms with van der Waals surface area (Å²) in [6.45, 7) is 4.77. The highest BCUT2D eigenvalue weighted by Gasteiger charge is 2.09. The Kier molecular flexibility index (Phi) is 6.44. The highest BCUT2D eigenvalue weighted by molar-refractivity contribution is 7.14. The van der Waals surface area contributed by atoms with Gasteiger partial charge in [0.05, 0.1) is 25.6 Å². The van der Waals surface area contributed by atoms with Crippen LogP contribution in [0, 0.1) is 6.92 Å². The molecule has 0 unspecified atom stereocenters. The molecule has 0 fully saturated rings. The highest BCUT2D eigenvalue weighted by Crippen LogP contribution is 2.30. The molecule has 0 radical (unpaired) electrons. The van der Waals surface area contributed by atoms with Crippen LogP contribution >= 0.6 is 11.3 Å². The Morgan fingerprint density at radius 1 is 1.19 bits per heavy atom. The van der Waals surface area contributed by atoms with Crippen molar-refractivity contribution in [1.82, 2.24) is 4.98 Å². The third kappa shape index (κ3) is 4.86. The number of hydrogen-bond acceptors (Lipinski definition) is 6. The van der Waals surface area contributed by atoms with Crippen LogP contribution in [0.15, 0.2) is 52.9 Å². The van der Waals surface area contributed by atoms with Crippen LogP contribution in [0.3, 0.4) is 0 Å². The third-order valence-corrected chi connectivity index (χ3v) is 4.64. The first-order valence-electron chi connectivity index (χ1n) is 8.82. The molecule has 0 aliphatic carbocycles. The first-order chi connectivity index (χ1) is 13.2. The van der Waals surface area contributed by atoms with Crippen LogP contribution < -0.4 is 14.9 Å². The maximum atomic E-state index is 5.83. The van der Waals surface area contributed by atoms with E-state index in [0.717, 1.165) is 28.4 Å². The van der Waals surface area contributed by atoms with Crippen molar-refractivity contribution in [2.45, 2.75) is 20.3 Å². The summed E-state index contributed by atoms with van der Waals surface area (Å²) in [7, 11) is 1.63. The van der Waals surface area contributed by atoms with E-state index in [4.69, 9.17) is 9.47 Å². The number of rotatable bonds is 8. The van der Waals surface area contributed by atoms with Crippen LogP contribution in [0.1, 0.15) is 24.5 Å². The second kappa shape index (κ2) is 9.19. The number of aryl methyl sites for hydroxylation is 1. The molecule has 0 spiro atoms. The molecule has 0 aliphatic heterocycles. The molecular formula is C21H23N3O2S. The maximum absolute atomic E-state index is 5.83. The number of nitrogens with zero attached hydrogens (tertiary/aromatic N) is 2. The van der Waals surface area contributed by atoms with E-state index in [1.807, 2.05) is 23.6 Å². The molecule has 0 bridgehead atoms. The van der Waals surface area contributed by atoms with Gasteiger partial charge >= 0.3 is 0 Å². The molecule has 2 aromatic carbocycles. The Labute approximate surface area is 163 Å². The molecule has 1 heterocycles. The van der Waals surface area contributed by atoms with Gasteiger partial charge < -0.3 is 9.47 Å². The van der Waals surface area contributed by atoms with Crippen molar-refractivity contribution in [3.63, 3.8) is 0 Å². The number of ether oxygens (including phenoxy) is 2. The van der Waals surface area contributed by atoms with Crippen molar-refractivity contribution in [2.75, 3.05) is 19.1 Å². The Bertz CT molecular complexity index is 904. The maximum Gasteiger partial charge on any atom is 0.203 e. The van der Waals surface area contributed by atoms with Crippen LogP contribution in [0.5, 0.6) is 11.5 Å². The zero-order valence-corrected chi connectivity index (χ0v) is 16.5. The summed E-state index contributed by atoms with van der Waals surface area (Å²) in [5.41, 5.74) is 7.11. The van der Waals surface area contributed by atoms with E-state index < -0.39 is 0 Å². The van der Waals surface area contributed by atoms with Crippen molar-refractivity contribution in [3.05, 3.63) is 59.0 Å². The van der Waals surface area contributed by atoms with Gasteiger partial charge in [-0.05, 0) is 25.5 Å². The van der Waals surface area contributed by atoms with E-state index in [-0.39, 0.29) is 0 Å². The zero-order chi connectivity index (χ0) is 19.1. The van der Waals surface area contributed by atoms with Gasteiger partial charge in [0.15, 0.2) is 11.5 Å². The van der Waals surface area contributed by atoms with Crippen LogP contribution in [-0.4, -0.2) is 24.9 Å². The topological polar surface area (TPSA) is 55.7 Å². The van der Waals surface area contributed by atoms with Gasteiger partial charge in [0, 0.05) is 16.5 Å². The van der Waals surface area contributed by atoms with Crippen LogP contribution in [-0.2, 0) is 0 Å². The number of nitrogens with one attached hydrogen (secondary N) is 1. The second-order valence-electron chi connectivity index (χ2n) is 6.00. The molecule has 3 rings (SSSR count). The lowest BCUT2D eigenvalue weighted by atomic mass is 10.1. The van der Waals surface area contributed by atoms with Crippen molar-refractivity contribution < 1.29 is 9.47 Å². The van der Waals surface area contributed by atoms with Crippen LogP contribution in [0.2, 0.25) is 0 Å². The fourth-order valence-corrected chi connectivity index (χ4v) is 3.16. The van der Waals surface area contributed by atoms with Gasteiger partial charge in [-0.25, -0.2) is 4.98 Å². The summed E-state index contributed by atoms with van der Waals surface area (Å²) in [6, 6.07) is 14.1.